The highest BCUT2D eigenvalue weighted by molar-refractivity contribution is 7.99. The lowest BCUT2D eigenvalue weighted by Crippen LogP contribution is -2.48. The van der Waals surface area contributed by atoms with Crippen molar-refractivity contribution in [2.45, 2.75) is 31.6 Å². The van der Waals surface area contributed by atoms with Crippen LogP contribution in [0.1, 0.15) is 29.6 Å². The number of nitrogens with zero attached hydrogens (tertiary/aromatic N) is 2. The largest absolute Gasteiger partial charge is 0.379 e. The number of thioether (sulfide) groups is 1. The third kappa shape index (κ3) is 6.47. The average Bonchev–Trinajstić information content (AvgIpc) is 3.05. The molecule has 2 heterocycles. The summed E-state index contributed by atoms with van der Waals surface area (Å²) in [6, 6.07) is 4.82. The van der Waals surface area contributed by atoms with Gasteiger partial charge in [0.2, 0.25) is 0 Å². The molecule has 142 valence electrons. The van der Waals surface area contributed by atoms with E-state index in [1.54, 1.807) is 0 Å². The molecule has 1 unspecified atom stereocenters. The van der Waals surface area contributed by atoms with E-state index >= 15 is 0 Å². The lowest BCUT2D eigenvalue weighted by Gasteiger charge is -2.34. The lowest BCUT2D eigenvalue weighted by molar-refractivity contribution is 0.0177. The Morgan fingerprint density at radius 1 is 1.36 bits per heavy atom. The van der Waals surface area contributed by atoms with E-state index in [4.69, 9.17) is 4.74 Å². The van der Waals surface area contributed by atoms with Gasteiger partial charge >= 0.3 is 0 Å². The maximum Gasteiger partial charge on any atom is 0.191 e. The van der Waals surface area contributed by atoms with E-state index in [0.717, 1.165) is 45.4 Å². The van der Waals surface area contributed by atoms with Gasteiger partial charge in [-0.25, -0.2) is 0 Å². The monoisotopic (exact) mass is 384 g/mol. The van der Waals surface area contributed by atoms with Crippen LogP contribution >= 0.6 is 23.1 Å². The second-order valence-electron chi connectivity index (χ2n) is 6.88. The zero-order valence-corrected chi connectivity index (χ0v) is 17.7. The number of guanidine groups is 1. The molecule has 1 aromatic rings. The molecule has 2 rings (SSSR count). The Balaban J connectivity index is 1.98. The zero-order chi connectivity index (χ0) is 18.3. The average molecular weight is 385 g/mol. The van der Waals surface area contributed by atoms with E-state index in [9.17, 15) is 0 Å². The van der Waals surface area contributed by atoms with Gasteiger partial charge in [0.1, 0.15) is 0 Å². The minimum Gasteiger partial charge on any atom is -0.379 e. The van der Waals surface area contributed by atoms with Gasteiger partial charge in [0, 0.05) is 47.7 Å². The van der Waals surface area contributed by atoms with Gasteiger partial charge in [-0.2, -0.15) is 11.8 Å². The highest BCUT2D eigenvalue weighted by Crippen LogP contribution is 2.28. The topological polar surface area (TPSA) is 48.9 Å². The Kier molecular flexibility index (Phi) is 8.06. The zero-order valence-electron chi connectivity index (χ0n) is 16.1. The van der Waals surface area contributed by atoms with Crippen LogP contribution in [0.2, 0.25) is 0 Å². The van der Waals surface area contributed by atoms with Crippen LogP contribution in [0.3, 0.4) is 0 Å². The fourth-order valence-electron chi connectivity index (χ4n) is 2.71. The number of thiophene rings is 1. The first-order chi connectivity index (χ1) is 11.9. The van der Waals surface area contributed by atoms with E-state index in [1.807, 2.05) is 30.1 Å². The molecule has 0 radical (unpaired) electrons. The van der Waals surface area contributed by atoms with Crippen molar-refractivity contribution >= 4 is 29.1 Å². The predicted octanol–water partition coefficient (Wildman–Crippen LogP) is 2.74. The van der Waals surface area contributed by atoms with Crippen LogP contribution in [0.4, 0.5) is 0 Å². The van der Waals surface area contributed by atoms with Crippen LogP contribution in [0.5, 0.6) is 0 Å². The number of aryl methyl sites for hydroxylation is 1. The Morgan fingerprint density at radius 3 is 2.64 bits per heavy atom. The van der Waals surface area contributed by atoms with E-state index in [1.165, 1.54) is 9.75 Å². The summed E-state index contributed by atoms with van der Waals surface area (Å²) in [6.45, 7) is 12.0. The molecule has 1 fully saturated rings. The van der Waals surface area contributed by atoms with Crippen LogP contribution in [0.25, 0.3) is 0 Å². The van der Waals surface area contributed by atoms with E-state index in [0.29, 0.717) is 6.04 Å². The Morgan fingerprint density at radius 2 is 2.08 bits per heavy atom. The van der Waals surface area contributed by atoms with Crippen LogP contribution in [-0.2, 0) is 4.74 Å². The predicted molar refractivity (Wildman–Crippen MR) is 111 cm³/mol. The molecule has 1 aliphatic heterocycles. The van der Waals surface area contributed by atoms with Gasteiger partial charge < -0.3 is 15.4 Å². The summed E-state index contributed by atoms with van der Waals surface area (Å²) in [7, 11) is 1.83. The maximum absolute atomic E-state index is 5.53. The van der Waals surface area contributed by atoms with Crippen molar-refractivity contribution in [3.05, 3.63) is 21.9 Å². The number of ether oxygens (including phenoxy) is 1. The standard InChI is InChI=1S/C18H32N4OS2/c1-14-6-7-16(25-14)15(22-8-10-23-11-9-22)12-20-17(19-4)21-13-18(2,3)24-5/h6-7,15H,8-13H2,1-5H3,(H2,19,20,21). The maximum atomic E-state index is 5.53. The van der Waals surface area contributed by atoms with Crippen LogP contribution < -0.4 is 10.6 Å². The summed E-state index contributed by atoms with van der Waals surface area (Å²) >= 11 is 3.74. The van der Waals surface area contributed by atoms with Crippen LogP contribution in [0, 0.1) is 6.92 Å². The fraction of sp³-hybridized carbons (Fsp3) is 0.722. The van der Waals surface area contributed by atoms with Crippen molar-refractivity contribution in [2.24, 2.45) is 4.99 Å². The molecule has 0 spiro atoms. The number of rotatable bonds is 7. The van der Waals surface area contributed by atoms with Crippen molar-refractivity contribution < 1.29 is 4.74 Å². The molecule has 5 nitrogen and oxygen atoms in total. The molecule has 0 bridgehead atoms. The summed E-state index contributed by atoms with van der Waals surface area (Å²) in [6.07, 6.45) is 2.14. The molecule has 2 N–H and O–H groups in total. The second kappa shape index (κ2) is 9.80. The normalized spacial score (nSPS) is 18.2. The van der Waals surface area contributed by atoms with E-state index < -0.39 is 0 Å². The highest BCUT2D eigenvalue weighted by Gasteiger charge is 2.24. The van der Waals surface area contributed by atoms with Gasteiger partial charge in [-0.15, -0.1) is 11.3 Å². The third-order valence-electron chi connectivity index (χ3n) is 4.50. The van der Waals surface area contributed by atoms with Crippen molar-refractivity contribution in [2.75, 3.05) is 52.7 Å². The fourth-order valence-corrected chi connectivity index (χ4v) is 3.94. The van der Waals surface area contributed by atoms with Gasteiger partial charge in [0.05, 0.1) is 19.3 Å². The smallest absolute Gasteiger partial charge is 0.191 e. The Bertz CT molecular complexity index is 553. The molecular weight excluding hydrogens is 352 g/mol. The molecular formula is C18H32N4OS2. The highest BCUT2D eigenvalue weighted by atomic mass is 32.2. The third-order valence-corrected chi connectivity index (χ3v) is 6.85. The first kappa shape index (κ1) is 20.6. The van der Waals surface area contributed by atoms with Crippen molar-refractivity contribution in [3.8, 4) is 0 Å². The molecule has 0 amide bonds. The number of hydrogen-bond donors (Lipinski definition) is 2. The van der Waals surface area contributed by atoms with Crippen molar-refractivity contribution in [3.63, 3.8) is 0 Å². The quantitative estimate of drug-likeness (QED) is 0.559. The van der Waals surface area contributed by atoms with Crippen LogP contribution in [0.15, 0.2) is 17.1 Å². The molecule has 0 aromatic carbocycles. The van der Waals surface area contributed by atoms with E-state index in [2.05, 4.69) is 59.7 Å². The molecule has 0 aliphatic carbocycles. The number of hydrogen-bond acceptors (Lipinski definition) is 5. The number of aliphatic imine (C=N–C) groups is 1. The van der Waals surface area contributed by atoms with Crippen molar-refractivity contribution in [1.29, 1.82) is 0 Å². The molecule has 1 aromatic heterocycles. The molecule has 1 aliphatic rings. The molecule has 1 saturated heterocycles. The number of morpholine rings is 1. The Labute approximate surface area is 160 Å². The summed E-state index contributed by atoms with van der Waals surface area (Å²) in [5.74, 6) is 0.869. The summed E-state index contributed by atoms with van der Waals surface area (Å²) in [4.78, 5) is 9.67. The number of nitrogens with one attached hydrogen (secondary N) is 2. The summed E-state index contributed by atoms with van der Waals surface area (Å²) in [5.41, 5.74) is 0. The van der Waals surface area contributed by atoms with Crippen molar-refractivity contribution in [1.82, 2.24) is 15.5 Å². The molecule has 7 heteroatoms. The lowest BCUT2D eigenvalue weighted by atomic mass is 10.2. The first-order valence-corrected chi connectivity index (χ1v) is 10.9. The van der Waals surface area contributed by atoms with Gasteiger partial charge in [-0.1, -0.05) is 0 Å². The van der Waals surface area contributed by atoms with Gasteiger partial charge in [0.25, 0.3) is 0 Å². The minimum atomic E-state index is 0.187. The van der Waals surface area contributed by atoms with Gasteiger partial charge in [-0.05, 0) is 39.2 Å². The van der Waals surface area contributed by atoms with Crippen LogP contribution in [-0.4, -0.2) is 68.3 Å². The van der Waals surface area contributed by atoms with Gasteiger partial charge in [0.15, 0.2) is 5.96 Å². The minimum absolute atomic E-state index is 0.187. The second-order valence-corrected chi connectivity index (χ2v) is 9.72. The molecule has 25 heavy (non-hydrogen) atoms. The Hall–Kier alpha value is -0.760. The molecule has 0 saturated carbocycles. The van der Waals surface area contributed by atoms with E-state index in [-0.39, 0.29) is 4.75 Å². The molecule has 1 atom stereocenters. The first-order valence-electron chi connectivity index (χ1n) is 8.83. The summed E-state index contributed by atoms with van der Waals surface area (Å²) in [5, 5.41) is 6.98. The van der Waals surface area contributed by atoms with Gasteiger partial charge in [-0.3, -0.25) is 9.89 Å². The SMILES string of the molecule is CN=C(NCC(c1ccc(C)s1)N1CCOCC1)NCC(C)(C)SC. The summed E-state index contributed by atoms with van der Waals surface area (Å²) < 4.78 is 5.72.